The summed E-state index contributed by atoms with van der Waals surface area (Å²) in [5.74, 6) is 0.725. The van der Waals surface area contributed by atoms with E-state index in [1.165, 1.54) is 6.07 Å². The number of nitro benzene ring substituents is 1. The number of rotatable bonds is 5. The fourth-order valence-electron chi connectivity index (χ4n) is 1.73. The third kappa shape index (κ3) is 3.94. The van der Waals surface area contributed by atoms with Crippen LogP contribution in [0.3, 0.4) is 0 Å². The van der Waals surface area contributed by atoms with Crippen molar-refractivity contribution in [2.45, 2.75) is 32.4 Å². The summed E-state index contributed by atoms with van der Waals surface area (Å²) in [5.41, 5.74) is 0.744. The van der Waals surface area contributed by atoms with Gasteiger partial charge in [0.15, 0.2) is 5.96 Å². The third-order valence-corrected chi connectivity index (χ3v) is 2.86. The Labute approximate surface area is 112 Å². The lowest BCUT2D eigenvalue weighted by Crippen LogP contribution is -2.38. The zero-order chi connectivity index (χ0) is 13.7. The molecule has 0 bridgehead atoms. The quantitative estimate of drug-likeness (QED) is 0.367. The number of para-hydroxylation sites is 1. The average molecular weight is 262 g/mol. The van der Waals surface area contributed by atoms with Crippen molar-refractivity contribution in [3.8, 4) is 0 Å². The van der Waals surface area contributed by atoms with Gasteiger partial charge in [-0.15, -0.1) is 0 Å². The lowest BCUT2D eigenvalue weighted by Gasteiger charge is -2.10. The minimum absolute atomic E-state index is 0.119. The summed E-state index contributed by atoms with van der Waals surface area (Å²) in [5, 5.41) is 17.3. The molecule has 0 amide bonds. The Kier molecular flexibility index (Phi) is 4.33. The number of aliphatic imine (C=N–C) groups is 1. The van der Waals surface area contributed by atoms with E-state index in [0.29, 0.717) is 18.2 Å². The van der Waals surface area contributed by atoms with Crippen LogP contribution in [0.4, 0.5) is 5.69 Å². The first kappa shape index (κ1) is 13.3. The summed E-state index contributed by atoms with van der Waals surface area (Å²) >= 11 is 0. The van der Waals surface area contributed by atoms with Crippen molar-refractivity contribution in [3.05, 3.63) is 39.9 Å². The van der Waals surface area contributed by atoms with Crippen LogP contribution in [0.15, 0.2) is 29.3 Å². The normalized spacial score (nSPS) is 15.1. The van der Waals surface area contributed by atoms with E-state index in [1.807, 2.05) is 6.92 Å². The van der Waals surface area contributed by atoms with E-state index in [1.54, 1.807) is 18.2 Å². The molecule has 0 unspecified atom stereocenters. The van der Waals surface area contributed by atoms with Gasteiger partial charge < -0.3 is 10.6 Å². The first-order valence-electron chi connectivity index (χ1n) is 6.48. The number of hydrogen-bond acceptors (Lipinski definition) is 3. The van der Waals surface area contributed by atoms with Crippen LogP contribution in [-0.2, 0) is 6.54 Å². The maximum atomic E-state index is 10.9. The highest BCUT2D eigenvalue weighted by Crippen LogP contribution is 2.20. The lowest BCUT2D eigenvalue weighted by atomic mass is 10.2. The largest absolute Gasteiger partial charge is 0.357 e. The van der Waals surface area contributed by atoms with Gasteiger partial charge in [-0.05, 0) is 19.8 Å². The van der Waals surface area contributed by atoms with Gasteiger partial charge in [0, 0.05) is 18.7 Å². The zero-order valence-corrected chi connectivity index (χ0v) is 10.9. The Morgan fingerprint density at radius 3 is 2.84 bits per heavy atom. The Bertz CT molecular complexity index is 483. The summed E-state index contributed by atoms with van der Waals surface area (Å²) < 4.78 is 0. The highest BCUT2D eigenvalue weighted by atomic mass is 16.6. The standard InChI is InChI=1S/C13H18N4O2/c1-2-14-13(16-11-7-8-11)15-9-10-5-3-4-6-12(10)17(18)19/h3-6,11H,2,7-9H2,1H3,(H2,14,15,16). The smallest absolute Gasteiger partial charge is 0.274 e. The third-order valence-electron chi connectivity index (χ3n) is 2.86. The summed E-state index contributed by atoms with van der Waals surface area (Å²) in [7, 11) is 0. The lowest BCUT2D eigenvalue weighted by molar-refractivity contribution is -0.385. The number of benzene rings is 1. The Morgan fingerprint density at radius 2 is 2.21 bits per heavy atom. The van der Waals surface area contributed by atoms with Crippen LogP contribution in [0.5, 0.6) is 0 Å². The van der Waals surface area contributed by atoms with E-state index in [0.717, 1.165) is 25.3 Å². The second-order valence-electron chi connectivity index (χ2n) is 4.50. The molecule has 19 heavy (non-hydrogen) atoms. The molecule has 0 radical (unpaired) electrons. The molecule has 1 aliphatic rings. The molecule has 0 heterocycles. The molecule has 1 aliphatic carbocycles. The molecule has 1 aromatic rings. The summed E-state index contributed by atoms with van der Waals surface area (Å²) in [6, 6.07) is 7.20. The molecule has 102 valence electrons. The number of nitrogens with one attached hydrogen (secondary N) is 2. The average Bonchev–Trinajstić information content (AvgIpc) is 3.20. The van der Waals surface area contributed by atoms with Crippen molar-refractivity contribution < 1.29 is 4.92 Å². The molecule has 0 saturated heterocycles. The molecule has 6 heteroatoms. The SMILES string of the molecule is CCNC(=NCc1ccccc1[N+](=O)[O-])NC1CC1. The Morgan fingerprint density at radius 1 is 1.47 bits per heavy atom. The van der Waals surface area contributed by atoms with Gasteiger partial charge in [-0.25, -0.2) is 4.99 Å². The van der Waals surface area contributed by atoms with Crippen LogP contribution < -0.4 is 10.6 Å². The van der Waals surface area contributed by atoms with Gasteiger partial charge in [0.2, 0.25) is 0 Å². The van der Waals surface area contributed by atoms with E-state index in [4.69, 9.17) is 0 Å². The van der Waals surface area contributed by atoms with Crippen LogP contribution >= 0.6 is 0 Å². The minimum Gasteiger partial charge on any atom is -0.357 e. The van der Waals surface area contributed by atoms with E-state index < -0.39 is 0 Å². The summed E-state index contributed by atoms with van der Waals surface area (Å²) in [4.78, 5) is 14.9. The van der Waals surface area contributed by atoms with Gasteiger partial charge in [0.1, 0.15) is 0 Å². The minimum atomic E-state index is -0.369. The molecule has 0 aromatic heterocycles. The second-order valence-corrected chi connectivity index (χ2v) is 4.50. The van der Waals surface area contributed by atoms with Gasteiger partial charge in [-0.1, -0.05) is 18.2 Å². The van der Waals surface area contributed by atoms with Crippen molar-refractivity contribution in [2.75, 3.05) is 6.54 Å². The predicted octanol–water partition coefficient (Wildman–Crippen LogP) is 1.81. The highest BCUT2D eigenvalue weighted by Gasteiger charge is 2.22. The van der Waals surface area contributed by atoms with Crippen LogP contribution in [-0.4, -0.2) is 23.5 Å². The first-order chi connectivity index (χ1) is 9.20. The second kappa shape index (κ2) is 6.17. The van der Waals surface area contributed by atoms with Crippen LogP contribution in [0, 0.1) is 10.1 Å². The van der Waals surface area contributed by atoms with Gasteiger partial charge in [0.25, 0.3) is 5.69 Å². The molecule has 6 nitrogen and oxygen atoms in total. The molecule has 2 rings (SSSR count). The fourth-order valence-corrected chi connectivity index (χ4v) is 1.73. The van der Waals surface area contributed by atoms with Gasteiger partial charge >= 0.3 is 0 Å². The van der Waals surface area contributed by atoms with Crippen molar-refractivity contribution in [1.29, 1.82) is 0 Å². The molecular weight excluding hydrogens is 244 g/mol. The number of nitrogens with zero attached hydrogens (tertiary/aromatic N) is 2. The van der Waals surface area contributed by atoms with Gasteiger partial charge in [-0.2, -0.15) is 0 Å². The Hall–Kier alpha value is -2.11. The summed E-state index contributed by atoms with van der Waals surface area (Å²) in [6.45, 7) is 3.07. The van der Waals surface area contributed by atoms with Gasteiger partial charge in [-0.3, -0.25) is 10.1 Å². The number of guanidine groups is 1. The zero-order valence-electron chi connectivity index (χ0n) is 10.9. The van der Waals surface area contributed by atoms with E-state index in [9.17, 15) is 10.1 Å². The van der Waals surface area contributed by atoms with Crippen LogP contribution in [0.2, 0.25) is 0 Å². The maximum Gasteiger partial charge on any atom is 0.274 e. The molecule has 0 spiro atoms. The van der Waals surface area contributed by atoms with E-state index in [2.05, 4.69) is 15.6 Å². The van der Waals surface area contributed by atoms with Crippen molar-refractivity contribution in [1.82, 2.24) is 10.6 Å². The number of nitro groups is 1. The van der Waals surface area contributed by atoms with Crippen LogP contribution in [0.1, 0.15) is 25.3 Å². The van der Waals surface area contributed by atoms with Crippen molar-refractivity contribution >= 4 is 11.6 Å². The molecule has 2 N–H and O–H groups in total. The van der Waals surface area contributed by atoms with E-state index in [-0.39, 0.29) is 10.6 Å². The molecule has 1 fully saturated rings. The number of hydrogen-bond donors (Lipinski definition) is 2. The van der Waals surface area contributed by atoms with E-state index >= 15 is 0 Å². The fraction of sp³-hybridized carbons (Fsp3) is 0.462. The van der Waals surface area contributed by atoms with Gasteiger partial charge in [0.05, 0.1) is 17.0 Å². The molecule has 1 saturated carbocycles. The van der Waals surface area contributed by atoms with Crippen molar-refractivity contribution in [3.63, 3.8) is 0 Å². The molecular formula is C13H18N4O2. The van der Waals surface area contributed by atoms with Crippen LogP contribution in [0.25, 0.3) is 0 Å². The predicted molar refractivity (Wildman–Crippen MR) is 74.1 cm³/mol. The molecule has 0 atom stereocenters. The summed E-state index contributed by atoms with van der Waals surface area (Å²) in [6.07, 6.45) is 2.33. The molecule has 0 aliphatic heterocycles. The monoisotopic (exact) mass is 262 g/mol. The first-order valence-corrected chi connectivity index (χ1v) is 6.48. The highest BCUT2D eigenvalue weighted by molar-refractivity contribution is 5.80. The van der Waals surface area contributed by atoms with Crippen molar-refractivity contribution in [2.24, 2.45) is 4.99 Å². The molecule has 1 aromatic carbocycles. The topological polar surface area (TPSA) is 79.6 Å². The maximum absolute atomic E-state index is 10.9. The Balaban J connectivity index is 2.07.